The molecule has 2 N–H and O–H groups in total. The summed E-state index contributed by atoms with van der Waals surface area (Å²) in [6.45, 7) is 5.21. The van der Waals surface area contributed by atoms with E-state index in [9.17, 15) is 4.79 Å². The number of amides is 1. The van der Waals surface area contributed by atoms with E-state index >= 15 is 0 Å². The van der Waals surface area contributed by atoms with Crippen LogP contribution < -0.4 is 15.4 Å². The second-order valence-corrected chi connectivity index (χ2v) is 8.13. The molecule has 1 aliphatic heterocycles. The molecule has 1 atom stereocenters. The third-order valence-corrected chi connectivity index (χ3v) is 5.71. The molecule has 0 radical (unpaired) electrons. The van der Waals surface area contributed by atoms with Crippen molar-refractivity contribution in [3.8, 4) is 5.75 Å². The van der Waals surface area contributed by atoms with Crippen LogP contribution in [0.25, 0.3) is 0 Å². The average molecular weight is 403 g/mol. The first kappa shape index (κ1) is 21.4. The zero-order chi connectivity index (χ0) is 20.7. The Balaban J connectivity index is 1.66. The minimum absolute atomic E-state index is 0.0176. The van der Waals surface area contributed by atoms with E-state index in [0.717, 1.165) is 43.9 Å². The van der Waals surface area contributed by atoms with Crippen LogP contribution in [0.4, 0.5) is 0 Å². The van der Waals surface area contributed by atoms with Crippen LogP contribution in [-0.4, -0.2) is 63.8 Å². The maximum Gasteiger partial charge on any atom is 0.243 e. The van der Waals surface area contributed by atoms with Crippen molar-refractivity contribution in [3.63, 3.8) is 0 Å². The topological polar surface area (TPSA) is 75.2 Å². The highest BCUT2D eigenvalue weighted by molar-refractivity contribution is 5.85. The molecule has 1 aliphatic carbocycles. The summed E-state index contributed by atoms with van der Waals surface area (Å²) in [6.07, 6.45) is 4.32. The van der Waals surface area contributed by atoms with Crippen LogP contribution in [0.3, 0.4) is 0 Å². The highest BCUT2D eigenvalue weighted by Gasteiger charge is 2.42. The first-order valence-electron chi connectivity index (χ1n) is 10.6. The number of aliphatic imine (C=N–C) groups is 1. The molecule has 0 saturated heterocycles. The van der Waals surface area contributed by atoms with Gasteiger partial charge in [-0.3, -0.25) is 4.79 Å². The van der Waals surface area contributed by atoms with Crippen molar-refractivity contribution in [1.82, 2.24) is 15.5 Å². The zero-order valence-electron chi connectivity index (χ0n) is 17.9. The maximum absolute atomic E-state index is 12.1. The van der Waals surface area contributed by atoms with Gasteiger partial charge in [0.2, 0.25) is 5.91 Å². The van der Waals surface area contributed by atoms with E-state index in [0.29, 0.717) is 12.6 Å². The van der Waals surface area contributed by atoms with Crippen LogP contribution >= 0.6 is 0 Å². The Kier molecular flexibility index (Phi) is 7.36. The van der Waals surface area contributed by atoms with Gasteiger partial charge < -0.3 is 25.0 Å². The predicted molar refractivity (Wildman–Crippen MR) is 114 cm³/mol. The van der Waals surface area contributed by atoms with Crippen molar-refractivity contribution in [2.75, 3.05) is 47.0 Å². The molecule has 1 unspecified atom stereocenters. The Morgan fingerprint density at radius 3 is 2.86 bits per heavy atom. The van der Waals surface area contributed by atoms with Crippen LogP contribution in [0.2, 0.25) is 0 Å². The molecule has 0 spiro atoms. The van der Waals surface area contributed by atoms with E-state index in [2.05, 4.69) is 21.7 Å². The molecule has 0 aromatic heterocycles. The van der Waals surface area contributed by atoms with Crippen LogP contribution in [0.5, 0.6) is 5.75 Å². The number of benzene rings is 1. The number of para-hydroxylation sites is 1. The Labute approximate surface area is 173 Å². The second-order valence-electron chi connectivity index (χ2n) is 8.13. The molecule has 1 heterocycles. The molecule has 1 fully saturated rings. The minimum Gasteiger partial charge on any atom is -0.493 e. The molecular formula is C22H34N4O3. The van der Waals surface area contributed by atoms with Gasteiger partial charge in [0.05, 0.1) is 12.6 Å². The molecule has 7 nitrogen and oxygen atoms in total. The number of likely N-dealkylation sites (N-methyl/N-ethyl adjacent to an activating group) is 1. The monoisotopic (exact) mass is 402 g/mol. The highest BCUT2D eigenvalue weighted by atomic mass is 16.5. The van der Waals surface area contributed by atoms with Crippen molar-refractivity contribution in [2.24, 2.45) is 10.4 Å². The lowest BCUT2D eigenvalue weighted by atomic mass is 10.0. The van der Waals surface area contributed by atoms with Gasteiger partial charge in [0, 0.05) is 45.8 Å². The number of hydrogen-bond donors (Lipinski definition) is 2. The largest absolute Gasteiger partial charge is 0.493 e. The number of nitrogens with zero attached hydrogens (tertiary/aromatic N) is 2. The molecule has 29 heavy (non-hydrogen) atoms. The SMILES string of the molecule is CCOCCC1(CNC(=NCC(=O)N(C)C)NC2CCOc3ccccc32)CC1. The zero-order valence-corrected chi connectivity index (χ0v) is 17.9. The van der Waals surface area contributed by atoms with E-state index in [4.69, 9.17) is 9.47 Å². The third kappa shape index (κ3) is 6.10. The van der Waals surface area contributed by atoms with Gasteiger partial charge in [-0.1, -0.05) is 18.2 Å². The first-order chi connectivity index (χ1) is 14.0. The summed E-state index contributed by atoms with van der Waals surface area (Å²) in [7, 11) is 3.50. The van der Waals surface area contributed by atoms with Gasteiger partial charge in [0.25, 0.3) is 0 Å². The molecule has 7 heteroatoms. The van der Waals surface area contributed by atoms with Crippen molar-refractivity contribution in [3.05, 3.63) is 29.8 Å². The Morgan fingerprint density at radius 1 is 1.34 bits per heavy atom. The number of carbonyl (C=O) groups is 1. The molecule has 0 bridgehead atoms. The summed E-state index contributed by atoms with van der Waals surface area (Å²) in [5, 5.41) is 7.02. The van der Waals surface area contributed by atoms with E-state index < -0.39 is 0 Å². The number of ether oxygens (including phenoxy) is 2. The summed E-state index contributed by atoms with van der Waals surface area (Å²) in [5.41, 5.74) is 1.42. The normalized spacial score (nSPS) is 19.7. The number of carbonyl (C=O) groups excluding carboxylic acids is 1. The van der Waals surface area contributed by atoms with Gasteiger partial charge >= 0.3 is 0 Å². The van der Waals surface area contributed by atoms with Crippen molar-refractivity contribution in [2.45, 2.75) is 38.6 Å². The van der Waals surface area contributed by atoms with Gasteiger partial charge in [0.1, 0.15) is 12.3 Å². The van der Waals surface area contributed by atoms with Gasteiger partial charge in [-0.15, -0.1) is 0 Å². The first-order valence-corrected chi connectivity index (χ1v) is 10.6. The molecule has 3 rings (SSSR count). The number of nitrogens with one attached hydrogen (secondary N) is 2. The van der Waals surface area contributed by atoms with Gasteiger partial charge in [-0.2, -0.15) is 0 Å². The van der Waals surface area contributed by atoms with Gasteiger partial charge in [-0.05, 0) is 37.7 Å². The molecule has 2 aliphatic rings. The Hall–Kier alpha value is -2.28. The summed E-state index contributed by atoms with van der Waals surface area (Å²) < 4.78 is 11.3. The minimum atomic E-state index is -0.0176. The van der Waals surface area contributed by atoms with E-state index in [1.54, 1.807) is 19.0 Å². The molecule has 1 aromatic rings. The van der Waals surface area contributed by atoms with E-state index in [-0.39, 0.29) is 23.9 Å². The number of guanidine groups is 1. The van der Waals surface area contributed by atoms with Crippen LogP contribution in [-0.2, 0) is 9.53 Å². The summed E-state index contributed by atoms with van der Waals surface area (Å²) in [6, 6.07) is 8.20. The molecule has 1 aromatic carbocycles. The lowest BCUT2D eigenvalue weighted by Gasteiger charge is -2.29. The molecule has 160 valence electrons. The van der Waals surface area contributed by atoms with Crippen molar-refractivity contribution >= 4 is 11.9 Å². The fraction of sp³-hybridized carbons (Fsp3) is 0.636. The van der Waals surface area contributed by atoms with Crippen molar-refractivity contribution < 1.29 is 14.3 Å². The quantitative estimate of drug-likeness (QED) is 0.377. The summed E-state index contributed by atoms with van der Waals surface area (Å²) >= 11 is 0. The maximum atomic E-state index is 12.1. The lowest BCUT2D eigenvalue weighted by Crippen LogP contribution is -2.44. The summed E-state index contributed by atoms with van der Waals surface area (Å²) in [5.74, 6) is 1.58. The number of hydrogen-bond acceptors (Lipinski definition) is 4. The van der Waals surface area contributed by atoms with E-state index in [1.165, 1.54) is 12.8 Å². The second kappa shape index (κ2) is 9.96. The third-order valence-electron chi connectivity index (χ3n) is 5.71. The van der Waals surface area contributed by atoms with Crippen molar-refractivity contribution in [1.29, 1.82) is 0 Å². The van der Waals surface area contributed by atoms with E-state index in [1.807, 2.05) is 25.1 Å². The van der Waals surface area contributed by atoms with Crippen LogP contribution in [0, 0.1) is 5.41 Å². The van der Waals surface area contributed by atoms with Gasteiger partial charge in [0.15, 0.2) is 5.96 Å². The highest BCUT2D eigenvalue weighted by Crippen LogP contribution is 2.48. The molecular weight excluding hydrogens is 368 g/mol. The van der Waals surface area contributed by atoms with Gasteiger partial charge in [-0.25, -0.2) is 4.99 Å². The summed E-state index contributed by atoms with van der Waals surface area (Å²) in [4.78, 5) is 18.2. The van der Waals surface area contributed by atoms with Crippen LogP contribution in [0.15, 0.2) is 29.3 Å². The average Bonchev–Trinajstić information content (AvgIpc) is 3.50. The number of rotatable bonds is 9. The lowest BCUT2D eigenvalue weighted by molar-refractivity contribution is -0.127. The Bertz CT molecular complexity index is 716. The fourth-order valence-corrected chi connectivity index (χ4v) is 3.49. The Morgan fingerprint density at radius 2 is 2.14 bits per heavy atom. The van der Waals surface area contributed by atoms with Crippen LogP contribution in [0.1, 0.15) is 44.2 Å². The predicted octanol–water partition coefficient (Wildman–Crippen LogP) is 2.34. The fourth-order valence-electron chi connectivity index (χ4n) is 3.49. The smallest absolute Gasteiger partial charge is 0.243 e. The molecule has 1 amide bonds. The molecule has 1 saturated carbocycles. The number of fused-ring (bicyclic) bond motifs is 1. The standard InChI is InChI=1S/C22H34N4O3/c1-4-28-14-12-22(10-11-22)16-24-21(23-15-20(27)26(2)3)25-18-9-13-29-19-8-6-5-7-17(18)19/h5-8,18H,4,9-16H2,1-3H3,(H2,23,24,25).